The molecule has 1 unspecified atom stereocenters. The number of aromatic nitrogens is 3. The molecule has 7 heteroatoms. The number of likely N-dealkylation sites (tertiary alicyclic amines) is 1. The Morgan fingerprint density at radius 3 is 3.00 bits per heavy atom. The van der Waals surface area contributed by atoms with Crippen LogP contribution in [0.2, 0.25) is 0 Å². The molecule has 1 atom stereocenters. The summed E-state index contributed by atoms with van der Waals surface area (Å²) in [5.74, 6) is 2.49. The molecule has 1 saturated heterocycles. The second kappa shape index (κ2) is 8.62. The van der Waals surface area contributed by atoms with Crippen LogP contribution >= 0.6 is 0 Å². The van der Waals surface area contributed by atoms with E-state index in [1.54, 1.807) is 7.11 Å². The molecule has 1 aromatic carbocycles. The Bertz CT molecular complexity index is 674. The summed E-state index contributed by atoms with van der Waals surface area (Å²) in [7, 11) is 1.67. The zero-order valence-corrected chi connectivity index (χ0v) is 14.5. The summed E-state index contributed by atoms with van der Waals surface area (Å²) in [5.41, 5.74) is 0. The first-order valence-corrected chi connectivity index (χ1v) is 8.62. The third-order valence-electron chi connectivity index (χ3n) is 4.34. The molecule has 1 aliphatic heterocycles. The molecule has 1 N–H and O–H groups in total. The second-order valence-corrected chi connectivity index (χ2v) is 6.16. The van der Waals surface area contributed by atoms with E-state index in [2.05, 4.69) is 15.2 Å². The topological polar surface area (TPSA) is 80.3 Å². The number of para-hydroxylation sites is 1. The number of ether oxygens (including phenoxy) is 2. The maximum atomic E-state index is 12.4. The zero-order valence-electron chi connectivity index (χ0n) is 14.5. The molecule has 1 aliphatic rings. The number of aromatic amines is 1. The van der Waals surface area contributed by atoms with E-state index in [4.69, 9.17) is 9.47 Å². The third-order valence-corrected chi connectivity index (χ3v) is 4.34. The molecule has 3 rings (SSSR count). The number of methoxy groups -OCH3 is 1. The van der Waals surface area contributed by atoms with Crippen LogP contribution in [0.1, 0.15) is 30.4 Å². The fraction of sp³-hybridized carbons (Fsp3) is 0.500. The molecular formula is C18H24N4O3. The molecule has 0 radical (unpaired) electrons. The van der Waals surface area contributed by atoms with Crippen LogP contribution in [-0.4, -0.2) is 59.4 Å². The van der Waals surface area contributed by atoms with Crippen molar-refractivity contribution >= 4 is 5.91 Å². The van der Waals surface area contributed by atoms with E-state index >= 15 is 0 Å². The highest BCUT2D eigenvalue weighted by atomic mass is 16.5. The van der Waals surface area contributed by atoms with Crippen LogP contribution in [0.15, 0.2) is 30.3 Å². The van der Waals surface area contributed by atoms with E-state index in [0.29, 0.717) is 25.3 Å². The Hall–Kier alpha value is -2.41. The average Bonchev–Trinajstić information content (AvgIpc) is 3.14. The zero-order chi connectivity index (χ0) is 17.5. The predicted octanol–water partition coefficient (Wildman–Crippen LogP) is 1.78. The normalized spacial score (nSPS) is 17.5. The maximum absolute atomic E-state index is 12.4. The summed E-state index contributed by atoms with van der Waals surface area (Å²) in [4.78, 5) is 18.8. The van der Waals surface area contributed by atoms with Crippen LogP contribution in [0.25, 0.3) is 0 Å². The van der Waals surface area contributed by atoms with E-state index in [1.165, 1.54) is 0 Å². The Labute approximate surface area is 147 Å². The molecule has 7 nitrogen and oxygen atoms in total. The molecule has 1 aromatic heterocycles. The van der Waals surface area contributed by atoms with Gasteiger partial charge in [0.05, 0.1) is 6.61 Å². The number of nitrogens with zero attached hydrogens (tertiary/aromatic N) is 3. The van der Waals surface area contributed by atoms with Crippen molar-refractivity contribution in [3.63, 3.8) is 0 Å². The summed E-state index contributed by atoms with van der Waals surface area (Å²) in [6.45, 7) is 2.07. The highest BCUT2D eigenvalue weighted by Crippen LogP contribution is 2.24. The largest absolute Gasteiger partial charge is 0.484 e. The lowest BCUT2D eigenvalue weighted by atomic mass is 9.97. The number of nitrogens with one attached hydrogen (secondary N) is 1. The minimum Gasteiger partial charge on any atom is -0.484 e. The Balaban J connectivity index is 1.53. The Morgan fingerprint density at radius 1 is 1.36 bits per heavy atom. The molecule has 0 aliphatic carbocycles. The van der Waals surface area contributed by atoms with Crippen molar-refractivity contribution in [2.24, 2.45) is 0 Å². The van der Waals surface area contributed by atoms with Gasteiger partial charge in [-0.3, -0.25) is 9.89 Å². The average molecular weight is 344 g/mol. The molecule has 1 fully saturated rings. The second-order valence-electron chi connectivity index (χ2n) is 6.16. The fourth-order valence-electron chi connectivity index (χ4n) is 2.97. The molecule has 0 saturated carbocycles. The van der Waals surface area contributed by atoms with Crippen LogP contribution < -0.4 is 4.74 Å². The first-order chi connectivity index (χ1) is 12.3. The Kier molecular flexibility index (Phi) is 6.00. The van der Waals surface area contributed by atoms with Gasteiger partial charge in [-0.1, -0.05) is 18.2 Å². The van der Waals surface area contributed by atoms with E-state index in [9.17, 15) is 4.79 Å². The Morgan fingerprint density at radius 2 is 2.20 bits per heavy atom. The monoisotopic (exact) mass is 344 g/mol. The van der Waals surface area contributed by atoms with E-state index < -0.39 is 0 Å². The summed E-state index contributed by atoms with van der Waals surface area (Å²) in [6, 6.07) is 9.40. The SMILES string of the molecule is COCCc1nc(C2CCCN(C(=O)COc3ccccc3)C2)n[nH]1. The fourth-order valence-corrected chi connectivity index (χ4v) is 2.97. The molecule has 0 bridgehead atoms. The standard InChI is InChI=1S/C18H24N4O3/c1-24-11-9-16-19-18(21-20-16)14-6-5-10-22(12-14)17(23)13-25-15-7-3-2-4-8-15/h2-4,7-8,14H,5-6,9-13H2,1H3,(H,19,20,21). The molecule has 134 valence electrons. The first kappa shape index (κ1) is 17.4. The van der Waals surface area contributed by atoms with Crippen molar-refractivity contribution in [2.75, 3.05) is 33.4 Å². The predicted molar refractivity (Wildman–Crippen MR) is 92.5 cm³/mol. The van der Waals surface area contributed by atoms with Crippen molar-refractivity contribution in [3.8, 4) is 5.75 Å². The van der Waals surface area contributed by atoms with Gasteiger partial charge >= 0.3 is 0 Å². The van der Waals surface area contributed by atoms with Crippen LogP contribution in [0, 0.1) is 0 Å². The van der Waals surface area contributed by atoms with Crippen LogP contribution in [0.4, 0.5) is 0 Å². The molecule has 25 heavy (non-hydrogen) atoms. The van der Waals surface area contributed by atoms with Crippen molar-refractivity contribution in [1.29, 1.82) is 0 Å². The summed E-state index contributed by atoms with van der Waals surface area (Å²) in [6.07, 6.45) is 2.65. The van der Waals surface area contributed by atoms with Gasteiger partial charge in [0.1, 0.15) is 11.6 Å². The van der Waals surface area contributed by atoms with E-state index in [-0.39, 0.29) is 18.4 Å². The number of rotatable bonds is 7. The van der Waals surface area contributed by atoms with Gasteiger partial charge in [0.2, 0.25) is 0 Å². The quantitative estimate of drug-likeness (QED) is 0.828. The van der Waals surface area contributed by atoms with Gasteiger partial charge in [0.25, 0.3) is 5.91 Å². The number of H-pyrrole nitrogens is 1. The lowest BCUT2D eigenvalue weighted by molar-refractivity contribution is -0.134. The number of carbonyl (C=O) groups is 1. The van der Waals surface area contributed by atoms with Crippen molar-refractivity contribution in [1.82, 2.24) is 20.1 Å². The van der Waals surface area contributed by atoms with Crippen molar-refractivity contribution < 1.29 is 14.3 Å². The third kappa shape index (κ3) is 4.79. The smallest absolute Gasteiger partial charge is 0.260 e. The number of amides is 1. The maximum Gasteiger partial charge on any atom is 0.260 e. The van der Waals surface area contributed by atoms with Gasteiger partial charge in [-0.2, -0.15) is 5.10 Å². The van der Waals surface area contributed by atoms with Gasteiger partial charge in [0, 0.05) is 32.5 Å². The number of hydrogen-bond acceptors (Lipinski definition) is 5. The van der Waals surface area contributed by atoms with Gasteiger partial charge in [-0.05, 0) is 25.0 Å². The van der Waals surface area contributed by atoms with Gasteiger partial charge < -0.3 is 14.4 Å². The number of hydrogen-bond donors (Lipinski definition) is 1. The summed E-state index contributed by atoms with van der Waals surface area (Å²) >= 11 is 0. The number of piperidine rings is 1. The molecular weight excluding hydrogens is 320 g/mol. The lowest BCUT2D eigenvalue weighted by Gasteiger charge is -2.31. The van der Waals surface area contributed by atoms with Crippen molar-refractivity contribution in [3.05, 3.63) is 42.0 Å². The minimum atomic E-state index is 0.00342. The van der Waals surface area contributed by atoms with Crippen LogP contribution in [-0.2, 0) is 16.0 Å². The summed E-state index contributed by atoms with van der Waals surface area (Å²) < 4.78 is 10.6. The molecule has 2 aromatic rings. The molecule has 2 heterocycles. The van der Waals surface area contributed by atoms with Crippen molar-refractivity contribution in [2.45, 2.75) is 25.2 Å². The number of carbonyl (C=O) groups excluding carboxylic acids is 1. The van der Waals surface area contributed by atoms with Crippen LogP contribution in [0.3, 0.4) is 0 Å². The van der Waals surface area contributed by atoms with E-state index in [0.717, 1.165) is 31.0 Å². The summed E-state index contributed by atoms with van der Waals surface area (Å²) in [5, 5.41) is 7.28. The highest BCUT2D eigenvalue weighted by Gasteiger charge is 2.27. The lowest BCUT2D eigenvalue weighted by Crippen LogP contribution is -2.41. The molecule has 1 amide bonds. The first-order valence-electron chi connectivity index (χ1n) is 8.62. The minimum absolute atomic E-state index is 0.00342. The molecule has 0 spiro atoms. The van der Waals surface area contributed by atoms with E-state index in [1.807, 2.05) is 35.2 Å². The van der Waals surface area contributed by atoms with Gasteiger partial charge in [-0.25, -0.2) is 4.98 Å². The van der Waals surface area contributed by atoms with Gasteiger partial charge in [-0.15, -0.1) is 0 Å². The van der Waals surface area contributed by atoms with Gasteiger partial charge in [0.15, 0.2) is 12.4 Å². The van der Waals surface area contributed by atoms with Crippen LogP contribution in [0.5, 0.6) is 5.75 Å². The highest BCUT2D eigenvalue weighted by molar-refractivity contribution is 5.78. The number of benzene rings is 1.